The van der Waals surface area contributed by atoms with Gasteiger partial charge in [0.1, 0.15) is 0 Å². The molecule has 18 heavy (non-hydrogen) atoms. The van der Waals surface area contributed by atoms with Crippen molar-refractivity contribution in [3.05, 3.63) is 35.9 Å². The molecule has 0 unspecified atom stereocenters. The summed E-state index contributed by atoms with van der Waals surface area (Å²) in [4.78, 5) is 10.2. The largest absolute Gasteiger partial charge is 0.324 e. The summed E-state index contributed by atoms with van der Waals surface area (Å²) in [5, 5.41) is 1.96. The molecule has 1 aliphatic heterocycles. The van der Waals surface area contributed by atoms with Gasteiger partial charge in [-0.15, -0.1) is 0 Å². The first kappa shape index (κ1) is 13.1. The Kier molecular flexibility index (Phi) is 5.21. The molecule has 1 aromatic carbocycles. The standard InChI is InChI=1S/C15H21N2O/c18-13-16-17-11-9-15(10-12-17)8-4-7-14-5-2-1-3-6-14/h1-3,5-6,15H,4,7-12H2,(H,16,18). The number of nitrogens with zero attached hydrogens (tertiary/aromatic N) is 1. The molecule has 97 valence electrons. The Bertz CT molecular complexity index is 345. The minimum atomic E-state index is 0.818. The van der Waals surface area contributed by atoms with Crippen LogP contribution in [-0.4, -0.2) is 24.5 Å². The molecule has 1 amide bonds. The van der Waals surface area contributed by atoms with Crippen molar-refractivity contribution in [1.29, 1.82) is 0 Å². The maximum Gasteiger partial charge on any atom is 0.324 e. The van der Waals surface area contributed by atoms with E-state index in [9.17, 15) is 4.79 Å². The van der Waals surface area contributed by atoms with Gasteiger partial charge in [0.05, 0.1) is 0 Å². The number of rotatable bonds is 6. The zero-order chi connectivity index (χ0) is 12.6. The fourth-order valence-electron chi connectivity index (χ4n) is 2.64. The lowest BCUT2D eigenvalue weighted by Crippen LogP contribution is -2.42. The van der Waals surface area contributed by atoms with Crippen LogP contribution in [0.1, 0.15) is 31.2 Å². The van der Waals surface area contributed by atoms with E-state index in [1.54, 1.807) is 6.41 Å². The minimum Gasteiger partial charge on any atom is -0.280 e. The Balaban J connectivity index is 1.62. The molecule has 0 bridgehead atoms. The van der Waals surface area contributed by atoms with Gasteiger partial charge in [0.25, 0.3) is 0 Å². The van der Waals surface area contributed by atoms with E-state index in [2.05, 4.69) is 35.8 Å². The lowest BCUT2D eigenvalue weighted by Gasteiger charge is -2.30. The van der Waals surface area contributed by atoms with E-state index in [4.69, 9.17) is 0 Å². The number of hydrogen-bond donors (Lipinski definition) is 1. The normalized spacial score (nSPS) is 17.6. The number of amides is 1. The number of aryl methyl sites for hydroxylation is 1. The second-order valence-electron chi connectivity index (χ2n) is 5.02. The quantitative estimate of drug-likeness (QED) is 0.780. The minimum absolute atomic E-state index is 0.818. The highest BCUT2D eigenvalue weighted by atomic mass is 16.1. The van der Waals surface area contributed by atoms with E-state index >= 15 is 0 Å². The van der Waals surface area contributed by atoms with Crippen molar-refractivity contribution in [1.82, 2.24) is 10.4 Å². The first-order valence-corrected chi connectivity index (χ1v) is 6.80. The number of nitrogens with one attached hydrogen (secondary N) is 1. The lowest BCUT2D eigenvalue weighted by molar-refractivity contribution is 0.148. The van der Waals surface area contributed by atoms with E-state index in [-0.39, 0.29) is 0 Å². The molecule has 3 nitrogen and oxygen atoms in total. The summed E-state index contributed by atoms with van der Waals surface area (Å²) in [7, 11) is 0. The predicted molar refractivity (Wildman–Crippen MR) is 72.5 cm³/mol. The maximum absolute atomic E-state index is 10.2. The molecule has 0 saturated carbocycles. The third kappa shape index (κ3) is 4.15. The summed E-state index contributed by atoms with van der Waals surface area (Å²) in [5.41, 5.74) is 4.05. The molecule has 1 radical (unpaired) electrons. The summed E-state index contributed by atoms with van der Waals surface area (Å²) < 4.78 is 0. The smallest absolute Gasteiger partial charge is 0.280 e. The highest BCUT2D eigenvalue weighted by Crippen LogP contribution is 2.21. The molecular weight excluding hydrogens is 224 g/mol. The molecule has 1 saturated heterocycles. The van der Waals surface area contributed by atoms with Gasteiger partial charge < -0.3 is 0 Å². The summed E-state index contributed by atoms with van der Waals surface area (Å²) in [6, 6.07) is 10.7. The summed E-state index contributed by atoms with van der Waals surface area (Å²) in [5.74, 6) is 0.818. The van der Waals surface area contributed by atoms with Crippen LogP contribution >= 0.6 is 0 Å². The maximum atomic E-state index is 10.2. The van der Waals surface area contributed by atoms with Crippen LogP contribution in [-0.2, 0) is 11.2 Å². The van der Waals surface area contributed by atoms with Gasteiger partial charge in [-0.05, 0) is 37.2 Å². The van der Waals surface area contributed by atoms with Gasteiger partial charge in [-0.3, -0.25) is 10.2 Å². The van der Waals surface area contributed by atoms with Gasteiger partial charge >= 0.3 is 6.41 Å². The molecule has 0 atom stereocenters. The summed E-state index contributed by atoms with van der Waals surface area (Å²) in [6.45, 7) is 1.93. The third-order valence-corrected chi connectivity index (χ3v) is 3.74. The first-order valence-electron chi connectivity index (χ1n) is 6.80. The number of hydrogen-bond acceptors (Lipinski definition) is 2. The van der Waals surface area contributed by atoms with Crippen LogP contribution in [0.4, 0.5) is 0 Å². The second-order valence-corrected chi connectivity index (χ2v) is 5.02. The first-order chi connectivity index (χ1) is 8.88. The molecule has 3 heteroatoms. The van der Waals surface area contributed by atoms with Crippen LogP contribution in [0, 0.1) is 5.92 Å². The second kappa shape index (κ2) is 7.17. The van der Waals surface area contributed by atoms with E-state index in [1.165, 1.54) is 37.7 Å². The Morgan fingerprint density at radius 2 is 1.94 bits per heavy atom. The van der Waals surface area contributed by atoms with Crippen molar-refractivity contribution < 1.29 is 4.79 Å². The van der Waals surface area contributed by atoms with Gasteiger partial charge in [0, 0.05) is 13.1 Å². The van der Waals surface area contributed by atoms with Crippen molar-refractivity contribution in [2.75, 3.05) is 13.1 Å². The van der Waals surface area contributed by atoms with Crippen LogP contribution in [0.3, 0.4) is 0 Å². The van der Waals surface area contributed by atoms with Crippen LogP contribution in [0.25, 0.3) is 0 Å². The topological polar surface area (TPSA) is 32.3 Å². The molecule has 1 heterocycles. The molecule has 2 rings (SSSR count). The van der Waals surface area contributed by atoms with Crippen LogP contribution in [0.15, 0.2) is 30.3 Å². The third-order valence-electron chi connectivity index (χ3n) is 3.74. The van der Waals surface area contributed by atoms with E-state index < -0.39 is 0 Å². The highest BCUT2D eigenvalue weighted by molar-refractivity contribution is 5.46. The van der Waals surface area contributed by atoms with E-state index in [1.807, 2.05) is 5.01 Å². The van der Waals surface area contributed by atoms with Gasteiger partial charge in [0.2, 0.25) is 0 Å². The molecule has 0 aromatic heterocycles. The summed E-state index contributed by atoms with van der Waals surface area (Å²) >= 11 is 0. The molecule has 0 aliphatic carbocycles. The molecule has 1 aromatic rings. The fraction of sp³-hybridized carbons (Fsp3) is 0.533. The Morgan fingerprint density at radius 3 is 2.61 bits per heavy atom. The van der Waals surface area contributed by atoms with Gasteiger partial charge in [0.15, 0.2) is 0 Å². The van der Waals surface area contributed by atoms with Crippen molar-refractivity contribution in [2.45, 2.75) is 32.1 Å². The number of hydrazine groups is 1. The zero-order valence-corrected chi connectivity index (χ0v) is 10.8. The number of piperidine rings is 1. The van der Waals surface area contributed by atoms with Crippen molar-refractivity contribution >= 4 is 6.41 Å². The molecule has 0 spiro atoms. The van der Waals surface area contributed by atoms with Gasteiger partial charge in [-0.1, -0.05) is 36.8 Å². The fourth-order valence-corrected chi connectivity index (χ4v) is 2.64. The van der Waals surface area contributed by atoms with E-state index in [0.29, 0.717) is 0 Å². The number of benzene rings is 1. The Morgan fingerprint density at radius 1 is 1.22 bits per heavy atom. The van der Waals surface area contributed by atoms with Crippen LogP contribution in [0.5, 0.6) is 0 Å². The number of carbonyl (C=O) groups excluding carboxylic acids is 1. The average Bonchev–Trinajstić information content (AvgIpc) is 2.42. The van der Waals surface area contributed by atoms with Crippen molar-refractivity contribution in [2.24, 2.45) is 5.92 Å². The van der Waals surface area contributed by atoms with Crippen molar-refractivity contribution in [3.63, 3.8) is 0 Å². The summed E-state index contributed by atoms with van der Waals surface area (Å²) in [6.07, 6.45) is 7.86. The molecule has 1 fully saturated rings. The van der Waals surface area contributed by atoms with E-state index in [0.717, 1.165) is 19.0 Å². The van der Waals surface area contributed by atoms with Gasteiger partial charge in [-0.25, -0.2) is 5.01 Å². The lowest BCUT2D eigenvalue weighted by atomic mass is 9.91. The van der Waals surface area contributed by atoms with Gasteiger partial charge in [-0.2, -0.15) is 0 Å². The zero-order valence-electron chi connectivity index (χ0n) is 10.8. The van der Waals surface area contributed by atoms with Crippen LogP contribution < -0.4 is 5.43 Å². The Labute approximate surface area is 109 Å². The highest BCUT2D eigenvalue weighted by Gasteiger charge is 2.18. The molecule has 1 N–H and O–H groups in total. The Hall–Kier alpha value is -1.35. The average molecular weight is 245 g/mol. The SMILES string of the molecule is O=[C]NN1CCC(CCCc2ccccc2)CC1. The molecular formula is C15H21N2O. The monoisotopic (exact) mass is 245 g/mol. The molecule has 1 aliphatic rings. The predicted octanol–water partition coefficient (Wildman–Crippen LogP) is 2.29. The van der Waals surface area contributed by atoms with Crippen molar-refractivity contribution in [3.8, 4) is 0 Å². The van der Waals surface area contributed by atoms with Crippen LogP contribution in [0.2, 0.25) is 0 Å².